The molecule has 27 heavy (non-hydrogen) atoms. The maximum atomic E-state index is 15.6. The van der Waals surface area contributed by atoms with Gasteiger partial charge in [0.15, 0.2) is 18.0 Å². The first-order chi connectivity index (χ1) is 12.3. The van der Waals surface area contributed by atoms with Gasteiger partial charge in [-0.2, -0.15) is 0 Å². The summed E-state index contributed by atoms with van der Waals surface area (Å²) in [5.41, 5.74) is 14.2. The van der Waals surface area contributed by atoms with E-state index in [2.05, 4.69) is 6.58 Å². The van der Waals surface area contributed by atoms with Crippen LogP contribution in [0.3, 0.4) is 0 Å². The summed E-state index contributed by atoms with van der Waals surface area (Å²) < 4.78 is 26.4. The molecule has 0 saturated carbocycles. The molecule has 1 heterocycles. The fourth-order valence-corrected chi connectivity index (χ4v) is 2.62. The molecule has 0 aromatic rings. The van der Waals surface area contributed by atoms with Crippen LogP contribution in [0.2, 0.25) is 0 Å². The van der Waals surface area contributed by atoms with Crippen LogP contribution in [0.25, 0.3) is 0 Å². The Morgan fingerprint density at radius 2 is 1.93 bits per heavy atom. The van der Waals surface area contributed by atoms with Crippen molar-refractivity contribution in [1.82, 2.24) is 4.90 Å². The number of hydrogen-bond donors (Lipinski definition) is 4. The minimum atomic E-state index is -2.40. The molecule has 154 valence electrons. The predicted molar refractivity (Wildman–Crippen MR) is 96.4 cm³/mol. The maximum Gasteiger partial charge on any atom is 0.323 e. The highest BCUT2D eigenvalue weighted by molar-refractivity contribution is 5.76. The number of rotatable bonds is 7. The summed E-state index contributed by atoms with van der Waals surface area (Å²) in [7, 11) is 0. The molecule has 1 saturated heterocycles. The van der Waals surface area contributed by atoms with E-state index in [1.807, 2.05) is 0 Å². The van der Waals surface area contributed by atoms with Gasteiger partial charge in [0.1, 0.15) is 12.1 Å². The zero-order valence-corrected chi connectivity index (χ0v) is 16.0. The Morgan fingerprint density at radius 1 is 1.37 bits per heavy atom. The first-order valence-electron chi connectivity index (χ1n) is 8.49. The van der Waals surface area contributed by atoms with Gasteiger partial charge < -0.3 is 31.8 Å². The van der Waals surface area contributed by atoms with Gasteiger partial charge in [0.25, 0.3) is 0 Å². The van der Waals surface area contributed by atoms with E-state index >= 15 is 4.39 Å². The van der Waals surface area contributed by atoms with E-state index in [1.165, 1.54) is 13.0 Å². The largest absolute Gasteiger partial charge is 0.455 e. The minimum absolute atomic E-state index is 0.0952. The van der Waals surface area contributed by atoms with Crippen LogP contribution in [0, 0.1) is 5.92 Å². The first-order valence-corrected chi connectivity index (χ1v) is 8.49. The molecule has 10 heteroatoms. The average molecular weight is 388 g/mol. The Labute approximate surface area is 157 Å². The number of urea groups is 1. The lowest BCUT2D eigenvalue weighted by Crippen LogP contribution is -2.54. The van der Waals surface area contributed by atoms with Gasteiger partial charge in [-0.05, 0) is 25.8 Å². The molecule has 0 aliphatic carbocycles. The summed E-state index contributed by atoms with van der Waals surface area (Å²) in [6, 6.07) is -2.02. The van der Waals surface area contributed by atoms with Crippen LogP contribution >= 0.6 is 0 Å². The summed E-state index contributed by atoms with van der Waals surface area (Å²) in [4.78, 5) is 24.8. The predicted octanol–water partition coefficient (Wildman–Crippen LogP) is 0.0822. The fraction of sp³-hybridized carbons (Fsp3) is 0.647. The molecule has 7 N–H and O–H groups in total. The van der Waals surface area contributed by atoms with Gasteiger partial charge in [-0.1, -0.05) is 20.4 Å². The van der Waals surface area contributed by atoms with Gasteiger partial charge in [-0.25, -0.2) is 9.18 Å². The van der Waals surface area contributed by atoms with Crippen LogP contribution in [-0.2, 0) is 14.3 Å². The Bertz CT molecular complexity index is 608. The molecule has 1 unspecified atom stereocenters. The van der Waals surface area contributed by atoms with Crippen molar-refractivity contribution in [2.45, 2.75) is 63.9 Å². The van der Waals surface area contributed by atoms with Crippen LogP contribution in [-0.4, -0.2) is 58.3 Å². The van der Waals surface area contributed by atoms with Crippen molar-refractivity contribution in [3.05, 3.63) is 24.6 Å². The minimum Gasteiger partial charge on any atom is -0.455 e. The second-order valence-corrected chi connectivity index (χ2v) is 7.11. The van der Waals surface area contributed by atoms with Crippen molar-refractivity contribution in [3.63, 3.8) is 0 Å². The Hall–Kier alpha value is -2.17. The summed E-state index contributed by atoms with van der Waals surface area (Å²) >= 11 is 0. The molecule has 0 radical (unpaired) electrons. The van der Waals surface area contributed by atoms with Crippen LogP contribution in [0.4, 0.5) is 9.18 Å². The normalized spacial score (nSPS) is 30.3. The molecule has 1 aliphatic heterocycles. The van der Waals surface area contributed by atoms with Gasteiger partial charge in [-0.15, -0.1) is 0 Å². The topological polar surface area (TPSA) is 154 Å². The average Bonchev–Trinajstić information content (AvgIpc) is 2.78. The number of carbonyl (C=O) groups excluding carboxylic acids is 2. The molecular formula is C17H29FN4O5. The number of hydrogen-bond acceptors (Lipinski definition) is 7. The maximum absolute atomic E-state index is 15.6. The number of allylic oxidation sites excluding steroid dienone is 1. The van der Waals surface area contributed by atoms with Crippen LogP contribution in [0.1, 0.15) is 27.7 Å². The van der Waals surface area contributed by atoms with Crippen molar-refractivity contribution >= 4 is 12.0 Å². The molecule has 0 bridgehead atoms. The third-order valence-corrected chi connectivity index (χ3v) is 4.29. The highest BCUT2D eigenvalue weighted by Crippen LogP contribution is 2.40. The Balaban J connectivity index is 3.22. The van der Waals surface area contributed by atoms with Crippen molar-refractivity contribution in [3.8, 4) is 0 Å². The highest BCUT2D eigenvalue weighted by atomic mass is 19.1. The summed E-state index contributed by atoms with van der Waals surface area (Å²) in [6.07, 6.45) is -3.20. The number of primary amides is 1. The summed E-state index contributed by atoms with van der Waals surface area (Å²) in [5.74, 6) is -1.09. The zero-order valence-electron chi connectivity index (χ0n) is 16.0. The Morgan fingerprint density at radius 3 is 2.33 bits per heavy atom. The van der Waals surface area contributed by atoms with E-state index in [4.69, 9.17) is 26.7 Å². The number of esters is 1. The van der Waals surface area contributed by atoms with Crippen LogP contribution in [0.5, 0.6) is 0 Å². The number of halogens is 1. The van der Waals surface area contributed by atoms with Gasteiger partial charge >= 0.3 is 12.0 Å². The molecule has 0 spiro atoms. The molecular weight excluding hydrogens is 359 g/mol. The van der Waals surface area contributed by atoms with Gasteiger partial charge in [0, 0.05) is 11.9 Å². The number of amides is 2. The number of nitrogens with two attached hydrogens (primary N) is 3. The summed E-state index contributed by atoms with van der Waals surface area (Å²) in [6.45, 7) is 9.28. The monoisotopic (exact) mass is 388 g/mol. The molecule has 1 fully saturated rings. The van der Waals surface area contributed by atoms with Crippen molar-refractivity contribution in [2.24, 2.45) is 23.1 Å². The molecule has 1 aliphatic rings. The van der Waals surface area contributed by atoms with Crippen molar-refractivity contribution in [2.75, 3.05) is 0 Å². The molecule has 0 aromatic carbocycles. The Kier molecular flexibility index (Phi) is 7.35. The number of ether oxygens (including phenoxy) is 2. The highest BCUT2D eigenvalue weighted by Gasteiger charge is 2.60. The van der Waals surface area contributed by atoms with E-state index in [-0.39, 0.29) is 11.6 Å². The second-order valence-electron chi connectivity index (χ2n) is 7.11. The van der Waals surface area contributed by atoms with Gasteiger partial charge in [0.05, 0.1) is 6.10 Å². The lowest BCUT2D eigenvalue weighted by molar-refractivity contribution is -0.162. The van der Waals surface area contributed by atoms with E-state index in [0.29, 0.717) is 0 Å². The summed E-state index contributed by atoms with van der Waals surface area (Å²) in [5, 5.41) is 9.97. The SMILES string of the molecule is C=C(N)/C=C\N(C(N)=O)[C@@H]1OC([C@H](C)O)[C@@H](OC(=O)[C@@H](N)C(C)C)[C@]1(C)F. The second kappa shape index (κ2) is 8.68. The first kappa shape index (κ1) is 22.9. The fourth-order valence-electron chi connectivity index (χ4n) is 2.62. The molecule has 6 atom stereocenters. The number of nitrogens with zero attached hydrogens (tertiary/aromatic N) is 1. The van der Waals surface area contributed by atoms with Gasteiger partial charge in [0.2, 0.25) is 0 Å². The third-order valence-electron chi connectivity index (χ3n) is 4.29. The van der Waals surface area contributed by atoms with Crippen LogP contribution in [0.15, 0.2) is 24.6 Å². The van der Waals surface area contributed by atoms with E-state index in [1.54, 1.807) is 13.8 Å². The molecule has 2 amide bonds. The van der Waals surface area contributed by atoms with E-state index in [0.717, 1.165) is 18.0 Å². The quantitative estimate of drug-likeness (QED) is 0.356. The smallest absolute Gasteiger partial charge is 0.323 e. The van der Waals surface area contributed by atoms with Gasteiger partial charge in [-0.3, -0.25) is 9.69 Å². The standard InChI is InChI=1S/C17H29FN4O5/c1-8(2)11(20)14(24)27-13-12(10(4)23)26-15(17(13,5)18)22(16(21)25)7-6-9(3)19/h6-8,10-13,15,23H,3,19-20H2,1-2,4-5H3,(H2,21,25)/b7-6-/t10-,11-,12?,13+,15+,17-/m0/s1. The van der Waals surface area contributed by atoms with E-state index < -0.39 is 48.3 Å². The lowest BCUT2D eigenvalue weighted by Gasteiger charge is -2.32. The number of aliphatic hydroxyl groups excluding tert-OH is 1. The third kappa shape index (κ3) is 5.18. The van der Waals surface area contributed by atoms with Crippen molar-refractivity contribution < 1.29 is 28.6 Å². The lowest BCUT2D eigenvalue weighted by atomic mass is 9.95. The number of aliphatic hydroxyl groups is 1. The molecule has 9 nitrogen and oxygen atoms in total. The van der Waals surface area contributed by atoms with Crippen molar-refractivity contribution in [1.29, 1.82) is 0 Å². The number of alkyl halides is 1. The molecule has 0 aromatic heterocycles. The van der Waals surface area contributed by atoms with E-state index in [9.17, 15) is 14.7 Å². The van der Waals surface area contributed by atoms with Crippen LogP contribution < -0.4 is 17.2 Å². The zero-order chi connectivity index (χ0) is 21.1. The molecule has 1 rings (SSSR count). The number of carbonyl (C=O) groups is 2.